The lowest BCUT2D eigenvalue weighted by Gasteiger charge is -2.08. The van der Waals surface area contributed by atoms with E-state index in [1.165, 1.54) is 17.0 Å². The lowest BCUT2D eigenvalue weighted by Crippen LogP contribution is -2.21. The van der Waals surface area contributed by atoms with Crippen LogP contribution in [0.15, 0.2) is 35.4 Å². The minimum atomic E-state index is -0.100. The van der Waals surface area contributed by atoms with Crippen LogP contribution in [-0.2, 0) is 6.54 Å². The van der Waals surface area contributed by atoms with Gasteiger partial charge in [-0.25, -0.2) is 4.98 Å². The summed E-state index contributed by atoms with van der Waals surface area (Å²) in [5.41, 5.74) is 7.85. The molecule has 0 aliphatic carbocycles. The number of hydrogen-bond acceptors (Lipinski definition) is 3. The van der Waals surface area contributed by atoms with Crippen LogP contribution in [0, 0.1) is 6.92 Å². The van der Waals surface area contributed by atoms with Crippen molar-refractivity contribution in [3.63, 3.8) is 0 Å². The third kappa shape index (κ3) is 2.65. The fourth-order valence-corrected chi connectivity index (χ4v) is 1.72. The summed E-state index contributed by atoms with van der Waals surface area (Å²) in [6, 6.07) is 6.69. The molecule has 0 fully saturated rings. The van der Waals surface area contributed by atoms with Crippen molar-refractivity contribution in [3.05, 3.63) is 57.2 Å². The summed E-state index contributed by atoms with van der Waals surface area (Å²) < 4.78 is 1.50. The second-order valence-corrected chi connectivity index (χ2v) is 4.28. The highest BCUT2D eigenvalue weighted by molar-refractivity contribution is 6.30. The van der Waals surface area contributed by atoms with Crippen LogP contribution in [0.25, 0.3) is 0 Å². The number of hydrogen-bond donors (Lipinski definition) is 1. The van der Waals surface area contributed by atoms with Crippen LogP contribution in [0.3, 0.4) is 0 Å². The number of anilines is 1. The number of halogens is 1. The van der Waals surface area contributed by atoms with Crippen molar-refractivity contribution in [1.29, 1.82) is 0 Å². The third-order valence-corrected chi connectivity index (χ3v) is 2.70. The number of nitrogens with two attached hydrogens (primary N) is 1. The Morgan fingerprint density at radius 3 is 2.88 bits per heavy atom. The van der Waals surface area contributed by atoms with Crippen molar-refractivity contribution >= 4 is 17.3 Å². The molecule has 5 heteroatoms. The number of nitrogen functional groups attached to an aromatic ring is 1. The van der Waals surface area contributed by atoms with Crippen LogP contribution in [0.1, 0.15) is 11.3 Å². The van der Waals surface area contributed by atoms with Gasteiger partial charge in [-0.1, -0.05) is 11.6 Å². The Kier molecular flexibility index (Phi) is 3.15. The molecule has 4 nitrogen and oxygen atoms in total. The monoisotopic (exact) mass is 249 g/mol. The fraction of sp³-hybridized carbons (Fsp3) is 0.167. The van der Waals surface area contributed by atoms with Gasteiger partial charge >= 0.3 is 0 Å². The molecule has 2 rings (SSSR count). The second-order valence-electron chi connectivity index (χ2n) is 3.84. The van der Waals surface area contributed by atoms with E-state index in [1.54, 1.807) is 25.1 Å². The van der Waals surface area contributed by atoms with Gasteiger partial charge in [0.25, 0.3) is 5.56 Å². The molecule has 2 aromatic rings. The van der Waals surface area contributed by atoms with E-state index in [0.717, 1.165) is 5.56 Å². The van der Waals surface area contributed by atoms with Gasteiger partial charge in [0.15, 0.2) is 0 Å². The van der Waals surface area contributed by atoms with Gasteiger partial charge in [-0.3, -0.25) is 9.36 Å². The Bertz CT molecular complexity index is 607. The molecule has 0 amide bonds. The van der Waals surface area contributed by atoms with E-state index in [0.29, 0.717) is 22.9 Å². The SMILES string of the molecule is Cc1cc(=O)n(Cc2cc(Cl)ccc2N)cn1. The molecular weight excluding hydrogens is 238 g/mol. The molecule has 0 spiro atoms. The normalized spacial score (nSPS) is 10.5. The van der Waals surface area contributed by atoms with Crippen molar-refractivity contribution in [2.24, 2.45) is 0 Å². The van der Waals surface area contributed by atoms with Crippen LogP contribution >= 0.6 is 11.6 Å². The van der Waals surface area contributed by atoms with Gasteiger partial charge in [-0.05, 0) is 30.7 Å². The summed E-state index contributed by atoms with van der Waals surface area (Å²) in [7, 11) is 0. The highest BCUT2D eigenvalue weighted by Gasteiger charge is 2.03. The number of benzene rings is 1. The zero-order valence-corrected chi connectivity index (χ0v) is 10.1. The van der Waals surface area contributed by atoms with E-state index in [-0.39, 0.29) is 5.56 Å². The van der Waals surface area contributed by atoms with E-state index < -0.39 is 0 Å². The maximum Gasteiger partial charge on any atom is 0.253 e. The van der Waals surface area contributed by atoms with E-state index in [9.17, 15) is 4.79 Å². The topological polar surface area (TPSA) is 60.9 Å². The summed E-state index contributed by atoms with van der Waals surface area (Å²) in [6.07, 6.45) is 1.51. The van der Waals surface area contributed by atoms with E-state index in [1.807, 2.05) is 0 Å². The first kappa shape index (κ1) is 11.7. The van der Waals surface area contributed by atoms with E-state index in [4.69, 9.17) is 17.3 Å². The van der Waals surface area contributed by atoms with Gasteiger partial charge in [-0.15, -0.1) is 0 Å². The van der Waals surface area contributed by atoms with Crippen molar-refractivity contribution in [2.45, 2.75) is 13.5 Å². The van der Waals surface area contributed by atoms with E-state index >= 15 is 0 Å². The van der Waals surface area contributed by atoms with Crippen molar-refractivity contribution < 1.29 is 0 Å². The molecule has 0 bridgehead atoms. The molecule has 0 aliphatic rings. The molecule has 17 heavy (non-hydrogen) atoms. The molecule has 0 radical (unpaired) electrons. The molecule has 0 unspecified atom stereocenters. The van der Waals surface area contributed by atoms with Crippen molar-refractivity contribution in [1.82, 2.24) is 9.55 Å². The molecule has 0 saturated heterocycles. The van der Waals surface area contributed by atoms with Gasteiger partial charge < -0.3 is 5.73 Å². The number of nitrogens with zero attached hydrogens (tertiary/aromatic N) is 2. The van der Waals surface area contributed by atoms with Crippen LogP contribution in [0.5, 0.6) is 0 Å². The van der Waals surface area contributed by atoms with Crippen molar-refractivity contribution in [2.75, 3.05) is 5.73 Å². The molecule has 1 heterocycles. The quantitative estimate of drug-likeness (QED) is 0.826. The van der Waals surface area contributed by atoms with Gasteiger partial charge in [0.05, 0.1) is 12.9 Å². The molecule has 0 atom stereocenters. The maximum absolute atomic E-state index is 11.7. The Hall–Kier alpha value is -1.81. The predicted molar refractivity (Wildman–Crippen MR) is 68.2 cm³/mol. The predicted octanol–water partition coefficient (Wildman–Crippen LogP) is 1.84. The second kappa shape index (κ2) is 4.59. The average Bonchev–Trinajstić information content (AvgIpc) is 2.27. The van der Waals surface area contributed by atoms with Gasteiger partial charge in [-0.2, -0.15) is 0 Å². The zero-order chi connectivity index (χ0) is 12.4. The highest BCUT2D eigenvalue weighted by atomic mass is 35.5. The van der Waals surface area contributed by atoms with Gasteiger partial charge in [0, 0.05) is 22.5 Å². The summed E-state index contributed by atoms with van der Waals surface area (Å²) in [4.78, 5) is 15.8. The minimum Gasteiger partial charge on any atom is -0.398 e. The first-order valence-electron chi connectivity index (χ1n) is 5.13. The Morgan fingerprint density at radius 1 is 1.41 bits per heavy atom. The summed E-state index contributed by atoms with van der Waals surface area (Å²) >= 11 is 5.89. The molecule has 88 valence electrons. The molecule has 0 aliphatic heterocycles. The van der Waals surface area contributed by atoms with Crippen LogP contribution in [0.2, 0.25) is 5.02 Å². The third-order valence-electron chi connectivity index (χ3n) is 2.46. The Balaban J connectivity index is 2.38. The first-order chi connectivity index (χ1) is 8.06. The summed E-state index contributed by atoms with van der Waals surface area (Å²) in [5, 5.41) is 0.599. The van der Waals surface area contributed by atoms with Gasteiger partial charge in [0.2, 0.25) is 0 Å². The number of aryl methyl sites for hydroxylation is 1. The fourth-order valence-electron chi connectivity index (χ4n) is 1.53. The smallest absolute Gasteiger partial charge is 0.253 e. The lowest BCUT2D eigenvalue weighted by atomic mass is 10.2. The van der Waals surface area contributed by atoms with Crippen LogP contribution in [0.4, 0.5) is 5.69 Å². The van der Waals surface area contributed by atoms with Gasteiger partial charge in [0.1, 0.15) is 0 Å². The largest absolute Gasteiger partial charge is 0.398 e. The zero-order valence-electron chi connectivity index (χ0n) is 9.35. The minimum absolute atomic E-state index is 0.100. The molecule has 1 aromatic carbocycles. The highest BCUT2D eigenvalue weighted by Crippen LogP contribution is 2.18. The Morgan fingerprint density at radius 2 is 2.18 bits per heavy atom. The molecular formula is C12H12ClN3O. The van der Waals surface area contributed by atoms with Crippen molar-refractivity contribution in [3.8, 4) is 0 Å². The average molecular weight is 250 g/mol. The summed E-state index contributed by atoms with van der Waals surface area (Å²) in [6.45, 7) is 2.15. The number of aromatic nitrogens is 2. The van der Waals surface area contributed by atoms with Crippen LogP contribution in [-0.4, -0.2) is 9.55 Å². The standard InChI is InChI=1S/C12H12ClN3O/c1-8-4-12(17)16(7-15-8)6-9-5-10(13)2-3-11(9)14/h2-5,7H,6,14H2,1H3. The molecule has 2 N–H and O–H groups in total. The lowest BCUT2D eigenvalue weighted by molar-refractivity contribution is 0.731. The Labute approximate surface area is 104 Å². The summed E-state index contributed by atoms with van der Waals surface area (Å²) in [5.74, 6) is 0. The first-order valence-corrected chi connectivity index (χ1v) is 5.51. The maximum atomic E-state index is 11.7. The van der Waals surface area contributed by atoms with Crippen LogP contribution < -0.4 is 11.3 Å². The number of rotatable bonds is 2. The molecule has 1 aromatic heterocycles. The van der Waals surface area contributed by atoms with E-state index in [2.05, 4.69) is 4.98 Å². The molecule has 0 saturated carbocycles.